The summed E-state index contributed by atoms with van der Waals surface area (Å²) < 4.78 is 10.5. The number of aromatic nitrogens is 1. The standard InChI is InChI=1S/C17H14N2O5/c1-2-23-17(22)19-16-15(11(20)7-8-18-16)14-9-12(21)10-5-3-4-6-13(10)24-14/h3-9H,2H2,1H3,(H2,18,19,20,22). The van der Waals surface area contributed by atoms with Crippen LogP contribution in [0.4, 0.5) is 10.6 Å². The molecular weight excluding hydrogens is 312 g/mol. The molecule has 0 fully saturated rings. The van der Waals surface area contributed by atoms with Crippen LogP contribution in [0, 0.1) is 0 Å². The number of carbonyl (C=O) groups is 1. The number of nitrogens with one attached hydrogen (secondary N) is 2. The summed E-state index contributed by atoms with van der Waals surface area (Å²) >= 11 is 0. The Kier molecular flexibility index (Phi) is 4.15. The molecular formula is C17H14N2O5. The molecule has 0 saturated heterocycles. The summed E-state index contributed by atoms with van der Waals surface area (Å²) in [6.45, 7) is 1.85. The molecule has 0 saturated carbocycles. The summed E-state index contributed by atoms with van der Waals surface area (Å²) in [6, 6.07) is 9.22. The van der Waals surface area contributed by atoms with Crippen molar-refractivity contribution in [2.75, 3.05) is 11.9 Å². The van der Waals surface area contributed by atoms with Gasteiger partial charge in [-0.05, 0) is 19.1 Å². The molecule has 2 heterocycles. The maximum atomic E-state index is 12.3. The van der Waals surface area contributed by atoms with Crippen molar-refractivity contribution in [3.8, 4) is 11.3 Å². The predicted octanol–water partition coefficient (Wildman–Crippen LogP) is 2.72. The number of benzene rings is 1. The Bertz CT molecular complexity index is 1020. The monoisotopic (exact) mass is 326 g/mol. The van der Waals surface area contributed by atoms with E-state index in [1.54, 1.807) is 31.2 Å². The fourth-order valence-electron chi connectivity index (χ4n) is 2.32. The van der Waals surface area contributed by atoms with Crippen molar-refractivity contribution in [2.24, 2.45) is 0 Å². The highest BCUT2D eigenvalue weighted by atomic mass is 16.5. The third-order valence-electron chi connectivity index (χ3n) is 3.34. The van der Waals surface area contributed by atoms with Crippen molar-refractivity contribution >= 4 is 22.9 Å². The smallest absolute Gasteiger partial charge is 0.412 e. The second kappa shape index (κ2) is 6.41. The Morgan fingerprint density at radius 2 is 2.00 bits per heavy atom. The number of pyridine rings is 1. The number of anilines is 1. The Balaban J connectivity index is 2.17. The van der Waals surface area contributed by atoms with E-state index in [9.17, 15) is 14.4 Å². The molecule has 0 spiro atoms. The number of hydrogen-bond donors (Lipinski definition) is 2. The van der Waals surface area contributed by atoms with Crippen molar-refractivity contribution < 1.29 is 13.9 Å². The van der Waals surface area contributed by atoms with Crippen LogP contribution < -0.4 is 16.2 Å². The molecule has 3 rings (SSSR count). The predicted molar refractivity (Wildman–Crippen MR) is 89.2 cm³/mol. The highest BCUT2D eigenvalue weighted by molar-refractivity contribution is 5.89. The number of para-hydroxylation sites is 1. The molecule has 7 heteroatoms. The summed E-state index contributed by atoms with van der Waals surface area (Å²) in [6.07, 6.45) is 0.663. The molecule has 122 valence electrons. The van der Waals surface area contributed by atoms with Gasteiger partial charge in [0.25, 0.3) is 0 Å². The van der Waals surface area contributed by atoms with Gasteiger partial charge in [0.05, 0.1) is 12.0 Å². The maximum absolute atomic E-state index is 12.3. The summed E-state index contributed by atoms with van der Waals surface area (Å²) in [5.41, 5.74) is -0.282. The molecule has 2 aromatic heterocycles. The fraction of sp³-hybridized carbons (Fsp3) is 0.118. The van der Waals surface area contributed by atoms with Crippen LogP contribution in [0.25, 0.3) is 22.3 Å². The van der Waals surface area contributed by atoms with Crippen LogP contribution in [0.1, 0.15) is 6.92 Å². The van der Waals surface area contributed by atoms with Gasteiger partial charge in [-0.3, -0.25) is 14.9 Å². The lowest BCUT2D eigenvalue weighted by Crippen LogP contribution is -2.18. The average molecular weight is 326 g/mol. The molecule has 3 aromatic rings. The Morgan fingerprint density at radius 1 is 1.21 bits per heavy atom. The van der Waals surface area contributed by atoms with Crippen LogP contribution in [-0.2, 0) is 4.74 Å². The van der Waals surface area contributed by atoms with Crippen LogP contribution in [0.2, 0.25) is 0 Å². The van der Waals surface area contributed by atoms with Crippen molar-refractivity contribution in [3.05, 3.63) is 63.0 Å². The van der Waals surface area contributed by atoms with E-state index in [1.165, 1.54) is 18.3 Å². The molecule has 24 heavy (non-hydrogen) atoms. The molecule has 0 bridgehead atoms. The minimum absolute atomic E-state index is 0.0495. The molecule has 1 aromatic carbocycles. The number of H-pyrrole nitrogens is 1. The number of aromatic amines is 1. The number of hydrogen-bond acceptors (Lipinski definition) is 5. The first-order chi connectivity index (χ1) is 11.6. The lowest BCUT2D eigenvalue weighted by Gasteiger charge is -2.10. The van der Waals surface area contributed by atoms with E-state index in [2.05, 4.69) is 10.3 Å². The van der Waals surface area contributed by atoms with E-state index in [0.29, 0.717) is 11.0 Å². The molecule has 0 unspecified atom stereocenters. The third-order valence-corrected chi connectivity index (χ3v) is 3.34. The topological polar surface area (TPSA) is 101 Å². The highest BCUT2D eigenvalue weighted by Crippen LogP contribution is 2.24. The van der Waals surface area contributed by atoms with Gasteiger partial charge in [0.15, 0.2) is 10.9 Å². The van der Waals surface area contributed by atoms with Crippen LogP contribution in [0.5, 0.6) is 0 Å². The molecule has 2 N–H and O–H groups in total. The number of carbonyl (C=O) groups excluding carboxylic acids is 1. The van der Waals surface area contributed by atoms with E-state index < -0.39 is 11.5 Å². The molecule has 0 atom stereocenters. The fourth-order valence-corrected chi connectivity index (χ4v) is 2.32. The minimum Gasteiger partial charge on any atom is -0.456 e. The lowest BCUT2D eigenvalue weighted by atomic mass is 10.1. The number of rotatable bonds is 3. The zero-order valence-electron chi connectivity index (χ0n) is 12.8. The molecule has 0 aliphatic rings. The highest BCUT2D eigenvalue weighted by Gasteiger charge is 2.16. The summed E-state index contributed by atoms with van der Waals surface area (Å²) in [5.74, 6) is 0.159. The van der Waals surface area contributed by atoms with Crippen LogP contribution in [0.3, 0.4) is 0 Å². The van der Waals surface area contributed by atoms with E-state index >= 15 is 0 Å². The van der Waals surface area contributed by atoms with Gasteiger partial charge in [0, 0.05) is 18.3 Å². The van der Waals surface area contributed by atoms with Gasteiger partial charge < -0.3 is 14.1 Å². The van der Waals surface area contributed by atoms with Gasteiger partial charge in [0.2, 0.25) is 0 Å². The van der Waals surface area contributed by atoms with E-state index in [1.807, 2.05) is 0 Å². The minimum atomic E-state index is -0.719. The zero-order valence-corrected chi connectivity index (χ0v) is 12.8. The van der Waals surface area contributed by atoms with Gasteiger partial charge in [-0.2, -0.15) is 0 Å². The maximum Gasteiger partial charge on any atom is 0.412 e. The van der Waals surface area contributed by atoms with Crippen molar-refractivity contribution in [1.82, 2.24) is 4.98 Å². The first kappa shape index (κ1) is 15.5. The van der Waals surface area contributed by atoms with Gasteiger partial charge >= 0.3 is 6.09 Å². The van der Waals surface area contributed by atoms with Crippen molar-refractivity contribution in [2.45, 2.75) is 6.92 Å². The van der Waals surface area contributed by atoms with E-state index in [0.717, 1.165) is 0 Å². The second-order valence-corrected chi connectivity index (χ2v) is 4.91. The molecule has 0 radical (unpaired) electrons. The first-order valence-corrected chi connectivity index (χ1v) is 7.29. The molecule has 7 nitrogen and oxygen atoms in total. The third kappa shape index (κ3) is 2.91. The van der Waals surface area contributed by atoms with Crippen molar-refractivity contribution in [1.29, 1.82) is 0 Å². The summed E-state index contributed by atoms with van der Waals surface area (Å²) in [5, 5.41) is 2.85. The average Bonchev–Trinajstić information content (AvgIpc) is 2.55. The van der Waals surface area contributed by atoms with E-state index in [4.69, 9.17) is 9.15 Å². The Hall–Kier alpha value is -3.35. The van der Waals surface area contributed by atoms with Crippen LogP contribution >= 0.6 is 0 Å². The number of fused-ring (bicyclic) bond motifs is 1. The van der Waals surface area contributed by atoms with Crippen molar-refractivity contribution in [3.63, 3.8) is 0 Å². The molecule has 1 amide bonds. The normalized spacial score (nSPS) is 10.5. The van der Waals surface area contributed by atoms with Gasteiger partial charge in [0.1, 0.15) is 22.7 Å². The largest absolute Gasteiger partial charge is 0.456 e. The van der Waals surface area contributed by atoms with Gasteiger partial charge in [-0.25, -0.2) is 4.79 Å². The lowest BCUT2D eigenvalue weighted by molar-refractivity contribution is 0.168. The molecule has 0 aliphatic carbocycles. The second-order valence-electron chi connectivity index (χ2n) is 4.91. The summed E-state index contributed by atoms with van der Waals surface area (Å²) in [7, 11) is 0. The summed E-state index contributed by atoms with van der Waals surface area (Å²) in [4.78, 5) is 38.9. The van der Waals surface area contributed by atoms with Crippen LogP contribution in [-0.4, -0.2) is 17.7 Å². The Labute approximate surface area is 135 Å². The SMILES string of the molecule is CCOC(=O)Nc1[nH]ccc(=O)c1-c1cc(=O)c2ccccc2o1. The zero-order chi connectivity index (χ0) is 17.1. The quantitative estimate of drug-likeness (QED) is 0.770. The van der Waals surface area contributed by atoms with Gasteiger partial charge in [-0.1, -0.05) is 12.1 Å². The van der Waals surface area contributed by atoms with Crippen LogP contribution in [0.15, 0.2) is 56.6 Å². The first-order valence-electron chi connectivity index (χ1n) is 7.29. The number of amides is 1. The van der Waals surface area contributed by atoms with E-state index in [-0.39, 0.29) is 29.2 Å². The Morgan fingerprint density at radius 3 is 2.79 bits per heavy atom. The van der Waals surface area contributed by atoms with Gasteiger partial charge in [-0.15, -0.1) is 0 Å². The molecule has 0 aliphatic heterocycles. The number of ether oxygens (including phenoxy) is 1.